The molecule has 0 amide bonds. The number of nitrogens with zero attached hydrogens (tertiary/aromatic N) is 5. The fourth-order valence-electron chi connectivity index (χ4n) is 1.24. The Morgan fingerprint density at radius 2 is 2.38 bits per heavy atom. The predicted molar refractivity (Wildman–Crippen MR) is 60.2 cm³/mol. The van der Waals surface area contributed by atoms with E-state index in [1.165, 1.54) is 6.33 Å². The van der Waals surface area contributed by atoms with Gasteiger partial charge in [-0.05, 0) is 6.42 Å². The molecular formula is C9H11ClN6. The largest absolute Gasteiger partial charge is 0.369 e. The highest BCUT2D eigenvalue weighted by atomic mass is 35.5. The van der Waals surface area contributed by atoms with Crippen LogP contribution >= 0.6 is 11.6 Å². The SMILES string of the molecule is Clc1cncnc1NCCCn1ccnn1. The van der Waals surface area contributed by atoms with E-state index >= 15 is 0 Å². The fraction of sp³-hybridized carbons (Fsp3) is 0.333. The van der Waals surface area contributed by atoms with Gasteiger partial charge in [-0.1, -0.05) is 16.8 Å². The summed E-state index contributed by atoms with van der Waals surface area (Å²) in [4.78, 5) is 7.83. The van der Waals surface area contributed by atoms with Crippen molar-refractivity contribution in [1.82, 2.24) is 25.0 Å². The average molecular weight is 239 g/mol. The van der Waals surface area contributed by atoms with Crippen LogP contribution in [-0.4, -0.2) is 31.5 Å². The molecule has 0 aromatic carbocycles. The first-order chi connectivity index (χ1) is 7.86. The molecule has 0 aliphatic rings. The second kappa shape index (κ2) is 5.41. The van der Waals surface area contributed by atoms with E-state index in [4.69, 9.17) is 11.6 Å². The zero-order valence-corrected chi connectivity index (χ0v) is 9.30. The van der Waals surface area contributed by atoms with E-state index in [0.29, 0.717) is 10.8 Å². The molecule has 0 aliphatic heterocycles. The standard InChI is InChI=1S/C9H11ClN6/c10-8-6-11-7-13-9(8)12-2-1-4-16-5-3-14-15-16/h3,5-7H,1-2,4H2,(H,11,12,13). The summed E-state index contributed by atoms with van der Waals surface area (Å²) in [6.07, 6.45) is 7.44. The van der Waals surface area contributed by atoms with Crippen molar-refractivity contribution in [3.8, 4) is 0 Å². The van der Waals surface area contributed by atoms with Crippen LogP contribution in [0, 0.1) is 0 Å². The van der Waals surface area contributed by atoms with Gasteiger partial charge in [-0.15, -0.1) is 5.10 Å². The molecule has 0 atom stereocenters. The lowest BCUT2D eigenvalue weighted by atomic mass is 10.4. The molecule has 0 spiro atoms. The molecule has 2 aromatic rings. The molecule has 2 rings (SSSR count). The molecule has 0 radical (unpaired) electrons. The van der Waals surface area contributed by atoms with Gasteiger partial charge >= 0.3 is 0 Å². The van der Waals surface area contributed by atoms with Crippen molar-refractivity contribution in [2.45, 2.75) is 13.0 Å². The van der Waals surface area contributed by atoms with Crippen LogP contribution in [0.15, 0.2) is 24.9 Å². The topological polar surface area (TPSA) is 68.5 Å². The Kier molecular flexibility index (Phi) is 3.66. The molecule has 0 unspecified atom stereocenters. The quantitative estimate of drug-likeness (QED) is 0.794. The fourth-order valence-corrected chi connectivity index (χ4v) is 1.41. The number of nitrogens with one attached hydrogen (secondary N) is 1. The van der Waals surface area contributed by atoms with Gasteiger partial charge in [0.2, 0.25) is 0 Å². The Hall–Kier alpha value is -1.69. The smallest absolute Gasteiger partial charge is 0.148 e. The van der Waals surface area contributed by atoms with Crippen molar-refractivity contribution in [3.63, 3.8) is 0 Å². The number of halogens is 1. The Balaban J connectivity index is 1.74. The van der Waals surface area contributed by atoms with Crippen molar-refractivity contribution < 1.29 is 0 Å². The molecule has 0 fully saturated rings. The molecule has 7 heteroatoms. The van der Waals surface area contributed by atoms with Gasteiger partial charge in [0.15, 0.2) is 0 Å². The first kappa shape index (κ1) is 10.8. The van der Waals surface area contributed by atoms with E-state index in [1.807, 2.05) is 6.20 Å². The number of anilines is 1. The highest BCUT2D eigenvalue weighted by Gasteiger charge is 1.99. The number of aryl methyl sites for hydroxylation is 1. The van der Waals surface area contributed by atoms with E-state index in [0.717, 1.165) is 19.5 Å². The summed E-state index contributed by atoms with van der Waals surface area (Å²) in [7, 11) is 0. The summed E-state index contributed by atoms with van der Waals surface area (Å²) < 4.78 is 1.78. The summed E-state index contributed by atoms with van der Waals surface area (Å²) in [6.45, 7) is 1.59. The van der Waals surface area contributed by atoms with Gasteiger partial charge in [-0.2, -0.15) is 0 Å². The van der Waals surface area contributed by atoms with Crippen molar-refractivity contribution in [2.24, 2.45) is 0 Å². The Labute approximate surface area is 97.7 Å². The van der Waals surface area contributed by atoms with Crippen LogP contribution < -0.4 is 5.32 Å². The molecular weight excluding hydrogens is 228 g/mol. The van der Waals surface area contributed by atoms with Crippen LogP contribution in [0.25, 0.3) is 0 Å². The number of hydrogen-bond acceptors (Lipinski definition) is 5. The number of hydrogen-bond donors (Lipinski definition) is 1. The zero-order chi connectivity index (χ0) is 11.2. The first-order valence-electron chi connectivity index (χ1n) is 4.90. The number of aromatic nitrogens is 5. The van der Waals surface area contributed by atoms with Crippen molar-refractivity contribution in [3.05, 3.63) is 29.9 Å². The molecule has 1 N–H and O–H groups in total. The lowest BCUT2D eigenvalue weighted by Gasteiger charge is -2.05. The first-order valence-corrected chi connectivity index (χ1v) is 5.27. The van der Waals surface area contributed by atoms with Gasteiger partial charge < -0.3 is 5.32 Å². The van der Waals surface area contributed by atoms with Gasteiger partial charge in [0.05, 0.1) is 12.4 Å². The maximum Gasteiger partial charge on any atom is 0.148 e. The van der Waals surface area contributed by atoms with E-state index in [-0.39, 0.29) is 0 Å². The number of rotatable bonds is 5. The second-order valence-electron chi connectivity index (χ2n) is 3.17. The lowest BCUT2D eigenvalue weighted by molar-refractivity contribution is 0.569. The maximum atomic E-state index is 5.89. The monoisotopic (exact) mass is 238 g/mol. The van der Waals surface area contributed by atoms with Gasteiger partial charge in [-0.3, -0.25) is 4.68 Å². The normalized spacial score (nSPS) is 10.3. The molecule has 0 bridgehead atoms. The van der Waals surface area contributed by atoms with E-state index in [9.17, 15) is 0 Å². The minimum Gasteiger partial charge on any atom is -0.369 e. The van der Waals surface area contributed by atoms with Crippen LogP contribution in [0.1, 0.15) is 6.42 Å². The highest BCUT2D eigenvalue weighted by molar-refractivity contribution is 6.32. The van der Waals surface area contributed by atoms with Crippen LogP contribution in [0.2, 0.25) is 5.02 Å². The maximum absolute atomic E-state index is 5.89. The highest BCUT2D eigenvalue weighted by Crippen LogP contribution is 2.15. The molecule has 2 heterocycles. The Bertz CT molecular complexity index is 429. The summed E-state index contributed by atoms with van der Waals surface area (Å²) in [6, 6.07) is 0. The second-order valence-corrected chi connectivity index (χ2v) is 3.57. The molecule has 16 heavy (non-hydrogen) atoms. The van der Waals surface area contributed by atoms with E-state index < -0.39 is 0 Å². The molecule has 2 aromatic heterocycles. The molecule has 84 valence electrons. The minimum atomic E-state index is 0.531. The summed E-state index contributed by atoms with van der Waals surface area (Å²) in [5.74, 6) is 0.662. The molecule has 0 aliphatic carbocycles. The zero-order valence-electron chi connectivity index (χ0n) is 8.54. The van der Waals surface area contributed by atoms with Gasteiger partial charge in [-0.25, -0.2) is 9.97 Å². The summed E-state index contributed by atoms with van der Waals surface area (Å²) in [5.41, 5.74) is 0. The van der Waals surface area contributed by atoms with Crippen LogP contribution in [0.3, 0.4) is 0 Å². The third-order valence-corrected chi connectivity index (χ3v) is 2.27. The van der Waals surface area contributed by atoms with Gasteiger partial charge in [0.1, 0.15) is 17.2 Å². The molecule has 0 saturated carbocycles. The molecule has 0 saturated heterocycles. The Morgan fingerprint density at radius 3 is 3.12 bits per heavy atom. The van der Waals surface area contributed by atoms with Crippen molar-refractivity contribution >= 4 is 17.4 Å². The lowest BCUT2D eigenvalue weighted by Crippen LogP contribution is -2.08. The third kappa shape index (κ3) is 2.90. The third-order valence-electron chi connectivity index (χ3n) is 2.00. The Morgan fingerprint density at radius 1 is 1.44 bits per heavy atom. The summed E-state index contributed by atoms with van der Waals surface area (Å²) >= 11 is 5.89. The van der Waals surface area contributed by atoms with E-state index in [2.05, 4.69) is 25.6 Å². The molecule has 6 nitrogen and oxygen atoms in total. The minimum absolute atomic E-state index is 0.531. The van der Waals surface area contributed by atoms with Crippen molar-refractivity contribution in [2.75, 3.05) is 11.9 Å². The van der Waals surface area contributed by atoms with Crippen molar-refractivity contribution in [1.29, 1.82) is 0 Å². The van der Waals surface area contributed by atoms with Gasteiger partial charge in [0.25, 0.3) is 0 Å². The van der Waals surface area contributed by atoms with E-state index in [1.54, 1.807) is 17.1 Å². The summed E-state index contributed by atoms with van der Waals surface area (Å²) in [5, 5.41) is 11.3. The van der Waals surface area contributed by atoms with Crippen LogP contribution in [-0.2, 0) is 6.54 Å². The average Bonchev–Trinajstić information content (AvgIpc) is 2.79. The predicted octanol–water partition coefficient (Wildman–Crippen LogP) is 1.22. The van der Waals surface area contributed by atoms with Gasteiger partial charge in [0, 0.05) is 19.3 Å². The van der Waals surface area contributed by atoms with Crippen LogP contribution in [0.4, 0.5) is 5.82 Å². The van der Waals surface area contributed by atoms with Crippen LogP contribution in [0.5, 0.6) is 0 Å².